The van der Waals surface area contributed by atoms with Crippen LogP contribution in [-0.2, 0) is 14.3 Å². The molecule has 2 atom stereocenters. The molecule has 3 N–H and O–H groups in total. The summed E-state index contributed by atoms with van der Waals surface area (Å²) in [5, 5.41) is 23.1. The van der Waals surface area contributed by atoms with Crippen LogP contribution >= 0.6 is 0 Å². The highest BCUT2D eigenvalue weighted by molar-refractivity contribution is 5.76. The third kappa shape index (κ3) is 61.7. The van der Waals surface area contributed by atoms with E-state index in [0.717, 1.165) is 38.5 Å². The van der Waals surface area contributed by atoms with Gasteiger partial charge in [-0.3, -0.25) is 9.59 Å². The highest BCUT2D eigenvalue weighted by Gasteiger charge is 2.20. The van der Waals surface area contributed by atoms with Gasteiger partial charge in [0.1, 0.15) is 0 Å². The number of allylic oxidation sites excluding steroid dienone is 2. The van der Waals surface area contributed by atoms with Gasteiger partial charge >= 0.3 is 5.97 Å². The van der Waals surface area contributed by atoms with Crippen LogP contribution in [0.3, 0.4) is 0 Å². The molecule has 1 amide bonds. The molecule has 446 valence electrons. The van der Waals surface area contributed by atoms with Gasteiger partial charge in [-0.1, -0.05) is 341 Å². The minimum atomic E-state index is -0.658. The Morgan fingerprint density at radius 2 is 0.627 bits per heavy atom. The van der Waals surface area contributed by atoms with Crippen LogP contribution < -0.4 is 5.32 Å². The normalized spacial score (nSPS) is 12.5. The second kappa shape index (κ2) is 65.1. The van der Waals surface area contributed by atoms with Gasteiger partial charge in [-0.05, 0) is 51.4 Å². The van der Waals surface area contributed by atoms with E-state index < -0.39 is 12.1 Å². The third-order valence-electron chi connectivity index (χ3n) is 16.3. The van der Waals surface area contributed by atoms with Gasteiger partial charge in [0.2, 0.25) is 5.91 Å². The molecular formula is C69H135NO5. The van der Waals surface area contributed by atoms with Crippen molar-refractivity contribution in [2.75, 3.05) is 13.2 Å². The molecule has 0 aliphatic carbocycles. The Kier molecular flexibility index (Phi) is 63.9. The van der Waals surface area contributed by atoms with Crippen molar-refractivity contribution in [1.29, 1.82) is 0 Å². The lowest BCUT2D eigenvalue weighted by Crippen LogP contribution is -2.45. The zero-order valence-electron chi connectivity index (χ0n) is 51.1. The zero-order chi connectivity index (χ0) is 54.3. The first-order valence-electron chi connectivity index (χ1n) is 34.4. The number of ether oxygens (including phenoxy) is 1. The van der Waals surface area contributed by atoms with Crippen molar-refractivity contribution in [3.05, 3.63) is 12.2 Å². The van der Waals surface area contributed by atoms with Crippen LogP contribution in [0.25, 0.3) is 0 Å². The molecule has 0 radical (unpaired) electrons. The molecule has 0 saturated heterocycles. The maximum absolute atomic E-state index is 12.4. The number of nitrogens with one attached hydrogen (secondary N) is 1. The Balaban J connectivity index is 3.28. The van der Waals surface area contributed by atoms with Crippen molar-refractivity contribution in [2.24, 2.45) is 0 Å². The molecule has 0 bridgehead atoms. The fourth-order valence-corrected chi connectivity index (χ4v) is 11.1. The lowest BCUT2D eigenvalue weighted by molar-refractivity contribution is -0.143. The fraction of sp³-hybridized carbons (Fsp3) is 0.942. The molecule has 0 rings (SSSR count). The largest absolute Gasteiger partial charge is 0.466 e. The molecule has 0 heterocycles. The molecule has 6 nitrogen and oxygen atoms in total. The number of hydrogen-bond donors (Lipinski definition) is 3. The van der Waals surface area contributed by atoms with Gasteiger partial charge in [0.25, 0.3) is 0 Å². The number of unbranched alkanes of at least 4 members (excludes halogenated alkanes) is 52. The first-order valence-corrected chi connectivity index (χ1v) is 34.4. The average Bonchev–Trinajstić information content (AvgIpc) is 3.41. The summed E-state index contributed by atoms with van der Waals surface area (Å²) < 4.78 is 5.51. The minimum Gasteiger partial charge on any atom is -0.466 e. The second-order valence-electron chi connectivity index (χ2n) is 23.9. The van der Waals surface area contributed by atoms with E-state index in [9.17, 15) is 19.8 Å². The minimum absolute atomic E-state index is 0.0185. The van der Waals surface area contributed by atoms with Gasteiger partial charge in [0, 0.05) is 12.8 Å². The highest BCUT2D eigenvalue weighted by Crippen LogP contribution is 2.19. The molecular weight excluding hydrogens is 923 g/mol. The van der Waals surface area contributed by atoms with Gasteiger partial charge in [-0.15, -0.1) is 0 Å². The second-order valence-corrected chi connectivity index (χ2v) is 23.9. The summed E-state index contributed by atoms with van der Waals surface area (Å²) in [6.45, 7) is 4.96. The van der Waals surface area contributed by atoms with Crippen LogP contribution in [0.4, 0.5) is 0 Å². The van der Waals surface area contributed by atoms with E-state index in [1.807, 2.05) is 0 Å². The lowest BCUT2D eigenvalue weighted by Gasteiger charge is -2.22. The lowest BCUT2D eigenvalue weighted by atomic mass is 10.0. The van der Waals surface area contributed by atoms with Crippen molar-refractivity contribution < 1.29 is 24.5 Å². The van der Waals surface area contributed by atoms with Crippen molar-refractivity contribution >= 4 is 11.9 Å². The number of hydrogen-bond acceptors (Lipinski definition) is 5. The van der Waals surface area contributed by atoms with Crippen LogP contribution in [0.1, 0.15) is 393 Å². The summed E-state index contributed by atoms with van der Waals surface area (Å²) in [5.41, 5.74) is 0. The maximum atomic E-state index is 12.4. The Morgan fingerprint density at radius 1 is 0.360 bits per heavy atom. The van der Waals surface area contributed by atoms with Crippen molar-refractivity contribution in [3.63, 3.8) is 0 Å². The van der Waals surface area contributed by atoms with Gasteiger partial charge < -0.3 is 20.3 Å². The first-order chi connectivity index (χ1) is 37.0. The van der Waals surface area contributed by atoms with E-state index in [4.69, 9.17) is 4.74 Å². The van der Waals surface area contributed by atoms with Crippen LogP contribution in [0.5, 0.6) is 0 Å². The fourth-order valence-electron chi connectivity index (χ4n) is 11.1. The first kappa shape index (κ1) is 73.6. The Hall–Kier alpha value is -1.40. The van der Waals surface area contributed by atoms with Crippen molar-refractivity contribution in [1.82, 2.24) is 5.32 Å². The molecule has 0 aliphatic rings. The number of aliphatic hydroxyl groups is 2. The van der Waals surface area contributed by atoms with Gasteiger partial charge in [0.05, 0.1) is 25.4 Å². The van der Waals surface area contributed by atoms with Gasteiger partial charge in [-0.25, -0.2) is 0 Å². The Labute approximate surface area is 469 Å². The Morgan fingerprint density at radius 3 is 0.947 bits per heavy atom. The summed E-state index contributed by atoms with van der Waals surface area (Å²) in [7, 11) is 0. The predicted octanol–water partition coefficient (Wildman–Crippen LogP) is 22.0. The smallest absolute Gasteiger partial charge is 0.305 e. The Bertz CT molecular complexity index is 1130. The van der Waals surface area contributed by atoms with E-state index in [1.165, 1.54) is 321 Å². The molecule has 0 spiro atoms. The number of rotatable bonds is 65. The third-order valence-corrected chi connectivity index (χ3v) is 16.3. The zero-order valence-corrected chi connectivity index (χ0v) is 51.1. The molecule has 0 saturated carbocycles. The van der Waals surface area contributed by atoms with Crippen LogP contribution in [0, 0.1) is 0 Å². The van der Waals surface area contributed by atoms with E-state index in [1.54, 1.807) is 0 Å². The van der Waals surface area contributed by atoms with E-state index in [2.05, 4.69) is 31.3 Å². The van der Waals surface area contributed by atoms with Crippen molar-refractivity contribution in [2.45, 2.75) is 405 Å². The summed E-state index contributed by atoms with van der Waals surface area (Å²) >= 11 is 0. The quantitative estimate of drug-likeness (QED) is 0.0320. The number of amides is 1. The molecule has 0 aromatic rings. The van der Waals surface area contributed by atoms with Gasteiger partial charge in [-0.2, -0.15) is 0 Å². The monoisotopic (exact) mass is 1060 g/mol. The number of carbonyl (C=O) groups is 2. The molecule has 0 aromatic heterocycles. The number of esters is 1. The van der Waals surface area contributed by atoms with Crippen molar-refractivity contribution in [3.8, 4) is 0 Å². The molecule has 75 heavy (non-hydrogen) atoms. The topological polar surface area (TPSA) is 95.9 Å². The van der Waals surface area contributed by atoms with E-state index in [-0.39, 0.29) is 18.5 Å². The van der Waals surface area contributed by atoms with Crippen LogP contribution in [0.2, 0.25) is 0 Å². The predicted molar refractivity (Wildman–Crippen MR) is 329 cm³/mol. The summed E-state index contributed by atoms with van der Waals surface area (Å²) in [6.07, 6.45) is 79.9. The number of aliphatic hydroxyl groups excluding tert-OH is 2. The summed E-state index contributed by atoms with van der Waals surface area (Å²) in [4.78, 5) is 24.5. The average molecular weight is 1060 g/mol. The molecule has 0 fully saturated rings. The van der Waals surface area contributed by atoms with Crippen LogP contribution in [-0.4, -0.2) is 47.4 Å². The van der Waals surface area contributed by atoms with E-state index >= 15 is 0 Å². The highest BCUT2D eigenvalue weighted by atomic mass is 16.5. The van der Waals surface area contributed by atoms with Gasteiger partial charge in [0.15, 0.2) is 0 Å². The molecule has 2 unspecified atom stereocenters. The maximum Gasteiger partial charge on any atom is 0.305 e. The summed E-state index contributed by atoms with van der Waals surface area (Å²) in [5.74, 6) is -0.0127. The SMILES string of the molecule is CCCCCCCCC/C=C\CCCCCCCCCC(=O)OCCCCCCCCCCCCCCCCCCCCCCCCCCCCCCCCCC(=O)NC(CO)C(O)CCCCCCCCCCC. The molecule has 6 heteroatoms. The van der Waals surface area contributed by atoms with E-state index in [0.29, 0.717) is 25.9 Å². The summed E-state index contributed by atoms with van der Waals surface area (Å²) in [6, 6.07) is -0.535. The number of carbonyl (C=O) groups excluding carboxylic acids is 2. The standard InChI is InChI=1S/C69H135NO5/c1-3-5-7-9-11-13-14-15-16-17-34-37-40-43-47-51-55-59-63-69(74)75-64-60-56-52-48-44-41-38-35-32-30-28-26-24-22-20-18-19-21-23-25-27-29-31-33-36-39-42-46-50-54-58-62-68(73)70-66(65-71)67(72)61-57-53-49-45-12-10-8-6-4-2/h16-17,66-67,71-72H,3-15,18-65H2,1-2H3,(H,70,73)/b17-16-. The molecule has 0 aromatic carbocycles. The molecule has 0 aliphatic heterocycles. The van der Waals surface area contributed by atoms with Crippen LogP contribution in [0.15, 0.2) is 12.2 Å².